The third kappa shape index (κ3) is 5.30. The highest BCUT2D eigenvalue weighted by Gasteiger charge is 2.74. The van der Waals surface area contributed by atoms with Crippen LogP contribution in [0.3, 0.4) is 0 Å². The molecule has 3 saturated heterocycles. The van der Waals surface area contributed by atoms with Gasteiger partial charge in [-0.2, -0.15) is 0 Å². The number of thioether (sulfide) groups is 1. The fourth-order valence-electron chi connectivity index (χ4n) is 7.90. The number of para-hydroxylation sites is 2. The van der Waals surface area contributed by atoms with Crippen molar-refractivity contribution < 1.29 is 19.5 Å². The molecular formula is C36H45N3O4S. The van der Waals surface area contributed by atoms with E-state index in [9.17, 15) is 14.7 Å². The Hall–Kier alpha value is -3.36. The highest BCUT2D eigenvalue weighted by atomic mass is 32.2. The monoisotopic (exact) mass is 615 g/mol. The van der Waals surface area contributed by atoms with Gasteiger partial charge in [0.05, 0.1) is 29.2 Å². The number of anilines is 2. The van der Waals surface area contributed by atoms with Crippen molar-refractivity contribution in [2.45, 2.75) is 69.0 Å². The van der Waals surface area contributed by atoms with Gasteiger partial charge in [0.25, 0.3) is 5.91 Å². The van der Waals surface area contributed by atoms with Crippen molar-refractivity contribution in [1.29, 1.82) is 0 Å². The van der Waals surface area contributed by atoms with E-state index in [1.807, 2.05) is 62.4 Å². The minimum atomic E-state index is -0.813. The molecule has 0 aliphatic carbocycles. The summed E-state index contributed by atoms with van der Waals surface area (Å²) in [6.45, 7) is 16.3. The first-order valence-corrected chi connectivity index (χ1v) is 16.6. The van der Waals surface area contributed by atoms with Crippen molar-refractivity contribution in [2.24, 2.45) is 17.8 Å². The van der Waals surface area contributed by atoms with Gasteiger partial charge in [0.1, 0.15) is 6.04 Å². The Balaban J connectivity index is 1.63. The maximum Gasteiger partial charge on any atom is 0.251 e. The fourth-order valence-corrected chi connectivity index (χ4v) is 10.1. The molecule has 2 unspecified atom stereocenters. The van der Waals surface area contributed by atoms with Crippen LogP contribution in [0.5, 0.6) is 0 Å². The van der Waals surface area contributed by atoms with E-state index in [-0.39, 0.29) is 42.0 Å². The second-order valence-electron chi connectivity index (χ2n) is 12.8. The molecule has 1 spiro atoms. The van der Waals surface area contributed by atoms with Crippen LogP contribution in [0.25, 0.3) is 0 Å². The van der Waals surface area contributed by atoms with E-state index in [1.165, 1.54) is 0 Å². The lowest BCUT2D eigenvalue weighted by Gasteiger charge is -2.40. The van der Waals surface area contributed by atoms with Gasteiger partial charge in [-0.05, 0) is 62.3 Å². The van der Waals surface area contributed by atoms with Gasteiger partial charge in [-0.25, -0.2) is 0 Å². The number of hydrogen-bond acceptors (Lipinski definition) is 5. The number of benzene rings is 2. The SMILES string of the molecule is C=CCN(C(=O)[C@@H]1[C@@H]2CCC3(S2)C(C(=O)N(CC=C)c2c(C)cccc2C)N([C@@H](CO)CC(C)C)C(=O)[C@H]13)c1ccccc1. The van der Waals surface area contributed by atoms with Crippen LogP contribution < -0.4 is 9.80 Å². The van der Waals surface area contributed by atoms with Crippen molar-refractivity contribution in [1.82, 2.24) is 4.90 Å². The van der Waals surface area contributed by atoms with Crippen LogP contribution in [-0.2, 0) is 14.4 Å². The molecule has 7 nitrogen and oxygen atoms in total. The predicted octanol–water partition coefficient (Wildman–Crippen LogP) is 5.54. The fraction of sp³-hybridized carbons (Fsp3) is 0.472. The highest BCUT2D eigenvalue weighted by Crippen LogP contribution is 2.67. The van der Waals surface area contributed by atoms with Crippen LogP contribution >= 0.6 is 11.8 Å². The summed E-state index contributed by atoms with van der Waals surface area (Å²) < 4.78 is -0.768. The summed E-state index contributed by atoms with van der Waals surface area (Å²) >= 11 is 1.66. The van der Waals surface area contributed by atoms with Gasteiger partial charge in [-0.3, -0.25) is 14.4 Å². The molecule has 5 rings (SSSR count). The Bertz CT molecular complexity index is 1410. The maximum atomic E-state index is 15.0. The van der Waals surface area contributed by atoms with E-state index < -0.39 is 28.7 Å². The van der Waals surface area contributed by atoms with Crippen LogP contribution in [0.15, 0.2) is 73.8 Å². The lowest BCUT2D eigenvalue weighted by molar-refractivity contribution is -0.142. The standard InChI is InChI=1S/C36H45N3O4S/c1-7-19-37(26-15-10-9-11-16-26)33(41)29-28-17-18-36(44-28)30(29)34(42)39(27(22-40)21-23(3)4)32(36)35(43)38(20-8-2)31-24(5)13-12-14-25(31)6/h7-16,23,27-30,32,40H,1-2,17-22H2,3-6H3/t27-,28+,29-,30+,32?,36?/m1/s1. The molecule has 0 radical (unpaired) electrons. The lowest BCUT2D eigenvalue weighted by atomic mass is 9.70. The molecule has 0 aromatic heterocycles. The number of hydrogen-bond donors (Lipinski definition) is 1. The largest absolute Gasteiger partial charge is 0.394 e. The quantitative estimate of drug-likeness (QED) is 0.317. The number of carbonyl (C=O) groups excluding carboxylic acids is 3. The number of likely N-dealkylation sites (tertiary alicyclic amines) is 1. The number of carbonyl (C=O) groups is 3. The van der Waals surface area contributed by atoms with Crippen LogP contribution in [-0.4, -0.2) is 69.5 Å². The molecule has 8 heteroatoms. The summed E-state index contributed by atoms with van der Waals surface area (Å²) in [4.78, 5) is 49.5. The first-order chi connectivity index (χ1) is 21.1. The first kappa shape index (κ1) is 32.0. The molecule has 1 N–H and O–H groups in total. The summed E-state index contributed by atoms with van der Waals surface area (Å²) in [5.74, 6) is -1.51. The third-order valence-corrected chi connectivity index (χ3v) is 11.5. The van der Waals surface area contributed by atoms with Crippen molar-refractivity contribution in [3.8, 4) is 0 Å². The molecule has 3 heterocycles. The summed E-state index contributed by atoms with van der Waals surface area (Å²) in [6.07, 6.45) is 5.39. The predicted molar refractivity (Wildman–Crippen MR) is 179 cm³/mol. The summed E-state index contributed by atoms with van der Waals surface area (Å²) in [7, 11) is 0. The zero-order valence-electron chi connectivity index (χ0n) is 26.3. The third-order valence-electron chi connectivity index (χ3n) is 9.54. The minimum Gasteiger partial charge on any atom is -0.394 e. The summed E-state index contributed by atoms with van der Waals surface area (Å²) in [5, 5.41) is 10.6. The van der Waals surface area contributed by atoms with Crippen LogP contribution in [0.2, 0.25) is 0 Å². The van der Waals surface area contributed by atoms with E-state index >= 15 is 4.79 Å². The van der Waals surface area contributed by atoms with E-state index in [0.29, 0.717) is 19.4 Å². The number of amides is 3. The molecule has 2 bridgehead atoms. The van der Waals surface area contributed by atoms with E-state index in [0.717, 1.165) is 28.9 Å². The Morgan fingerprint density at radius 2 is 1.66 bits per heavy atom. The molecule has 3 amide bonds. The number of aliphatic hydroxyl groups excluding tert-OH is 1. The zero-order chi connectivity index (χ0) is 31.8. The number of rotatable bonds is 12. The average Bonchev–Trinajstić information content (AvgIpc) is 3.65. The summed E-state index contributed by atoms with van der Waals surface area (Å²) in [6, 6.07) is 14.1. The lowest BCUT2D eigenvalue weighted by Crippen LogP contribution is -2.58. The van der Waals surface area contributed by atoms with Gasteiger partial charge in [-0.15, -0.1) is 24.9 Å². The van der Waals surface area contributed by atoms with Gasteiger partial charge in [0.15, 0.2) is 0 Å². The number of nitrogens with zero attached hydrogens (tertiary/aromatic N) is 3. The molecule has 3 aliphatic heterocycles. The van der Waals surface area contributed by atoms with Crippen molar-refractivity contribution >= 4 is 40.9 Å². The van der Waals surface area contributed by atoms with Crippen LogP contribution in [0.4, 0.5) is 11.4 Å². The molecule has 3 fully saturated rings. The van der Waals surface area contributed by atoms with Crippen LogP contribution in [0, 0.1) is 31.6 Å². The smallest absolute Gasteiger partial charge is 0.251 e. The van der Waals surface area contributed by atoms with E-state index in [4.69, 9.17) is 0 Å². The Morgan fingerprint density at radius 1 is 1.02 bits per heavy atom. The van der Waals surface area contributed by atoms with Crippen molar-refractivity contribution in [3.05, 3.63) is 85.0 Å². The second kappa shape index (κ2) is 12.9. The zero-order valence-corrected chi connectivity index (χ0v) is 27.1. The molecule has 234 valence electrons. The van der Waals surface area contributed by atoms with Crippen LogP contribution in [0.1, 0.15) is 44.2 Å². The molecule has 6 atom stereocenters. The number of fused-ring (bicyclic) bond motifs is 1. The minimum absolute atomic E-state index is 0.0735. The van der Waals surface area contributed by atoms with Gasteiger partial charge >= 0.3 is 0 Å². The molecule has 0 saturated carbocycles. The highest BCUT2D eigenvalue weighted by molar-refractivity contribution is 8.02. The maximum absolute atomic E-state index is 15.0. The molecule has 3 aliphatic rings. The topological polar surface area (TPSA) is 81.2 Å². The Kier molecular flexibility index (Phi) is 9.42. The molecule has 2 aromatic rings. The Morgan fingerprint density at radius 3 is 2.25 bits per heavy atom. The van der Waals surface area contributed by atoms with Crippen molar-refractivity contribution in [3.63, 3.8) is 0 Å². The molecule has 44 heavy (non-hydrogen) atoms. The van der Waals surface area contributed by atoms with Gasteiger partial charge in [0, 0.05) is 29.7 Å². The first-order valence-electron chi connectivity index (χ1n) is 15.7. The van der Waals surface area contributed by atoms with Gasteiger partial charge in [0.2, 0.25) is 11.8 Å². The van der Waals surface area contributed by atoms with Gasteiger partial charge in [-0.1, -0.05) is 62.4 Å². The van der Waals surface area contributed by atoms with E-state index in [2.05, 4.69) is 27.0 Å². The van der Waals surface area contributed by atoms with E-state index in [1.54, 1.807) is 38.6 Å². The number of aryl methyl sites for hydroxylation is 2. The number of aliphatic hydroxyl groups is 1. The summed E-state index contributed by atoms with van der Waals surface area (Å²) in [5.41, 5.74) is 3.51. The van der Waals surface area contributed by atoms with Crippen molar-refractivity contribution in [2.75, 3.05) is 29.5 Å². The van der Waals surface area contributed by atoms with Gasteiger partial charge < -0.3 is 19.8 Å². The molecule has 2 aromatic carbocycles. The molecular weight excluding hydrogens is 570 g/mol. The Labute approximate surface area is 266 Å². The second-order valence-corrected chi connectivity index (χ2v) is 14.4. The average molecular weight is 616 g/mol. The normalized spacial score (nSPS) is 26.0.